The molecular weight excluding hydrogens is 344 g/mol. The maximum absolute atomic E-state index is 6.72. The Morgan fingerprint density at radius 3 is 2.32 bits per heavy atom. The van der Waals surface area contributed by atoms with E-state index in [0.29, 0.717) is 0 Å². The first-order valence-electron chi connectivity index (χ1n) is 10.3. The Morgan fingerprint density at radius 2 is 1.68 bits per heavy atom. The first kappa shape index (κ1) is 19.0. The molecular formula is C24H30N4. The Hall–Kier alpha value is -2.30. The average Bonchev–Trinajstić information content (AvgIpc) is 3.22. The lowest BCUT2D eigenvalue weighted by Crippen LogP contribution is -2.50. The number of hydrogen-bond acceptors (Lipinski definition) is 4. The van der Waals surface area contributed by atoms with E-state index in [1.165, 1.54) is 23.3 Å². The van der Waals surface area contributed by atoms with Gasteiger partial charge in [0.2, 0.25) is 0 Å². The van der Waals surface area contributed by atoms with Gasteiger partial charge in [0.15, 0.2) is 0 Å². The summed E-state index contributed by atoms with van der Waals surface area (Å²) in [5, 5.41) is 12.9. The van der Waals surface area contributed by atoms with Gasteiger partial charge >= 0.3 is 0 Å². The molecule has 1 unspecified atom stereocenters. The molecule has 2 atom stereocenters. The van der Waals surface area contributed by atoms with Crippen LogP contribution in [0.2, 0.25) is 0 Å². The van der Waals surface area contributed by atoms with E-state index < -0.39 is 5.54 Å². The van der Waals surface area contributed by atoms with Crippen LogP contribution in [-0.2, 0) is 12.8 Å². The van der Waals surface area contributed by atoms with Crippen molar-refractivity contribution in [2.45, 2.75) is 44.6 Å². The highest BCUT2D eigenvalue weighted by Gasteiger charge is 2.41. The average molecular weight is 375 g/mol. The smallest absolute Gasteiger partial charge is 0.0661 e. The zero-order valence-electron chi connectivity index (χ0n) is 16.7. The fraction of sp³-hybridized carbons (Fsp3) is 0.417. The predicted octanol–water partition coefficient (Wildman–Crippen LogP) is 3.76. The zero-order chi connectivity index (χ0) is 19.5. The molecule has 0 amide bonds. The Morgan fingerprint density at radius 1 is 1.00 bits per heavy atom. The number of nitrogens with two attached hydrogens (primary N) is 1. The third-order valence-electron chi connectivity index (χ3n) is 6.17. The number of hydrogen-bond donors (Lipinski definition) is 2. The van der Waals surface area contributed by atoms with Crippen molar-refractivity contribution in [3.8, 4) is 0 Å². The molecule has 0 aliphatic carbocycles. The van der Waals surface area contributed by atoms with E-state index in [0.717, 1.165) is 44.5 Å². The molecule has 2 aliphatic rings. The second-order valence-electron chi connectivity index (χ2n) is 8.57. The molecule has 0 radical (unpaired) electrons. The largest absolute Gasteiger partial charge is 0.320 e. The minimum Gasteiger partial charge on any atom is -0.320 e. The summed E-state index contributed by atoms with van der Waals surface area (Å²) in [7, 11) is 0. The summed E-state index contributed by atoms with van der Waals surface area (Å²) in [6.45, 7) is 4.13. The Balaban J connectivity index is 1.51. The van der Waals surface area contributed by atoms with Crippen LogP contribution in [0.3, 0.4) is 0 Å². The van der Waals surface area contributed by atoms with Crippen LogP contribution in [0.15, 0.2) is 70.9 Å². The molecule has 0 saturated carbocycles. The summed E-state index contributed by atoms with van der Waals surface area (Å²) in [5.41, 5.74) is 11.1. The summed E-state index contributed by atoms with van der Waals surface area (Å²) in [5.74, 6) is 0. The van der Waals surface area contributed by atoms with Gasteiger partial charge in [-0.05, 0) is 50.3 Å². The molecule has 4 rings (SSSR count). The van der Waals surface area contributed by atoms with Crippen LogP contribution >= 0.6 is 0 Å². The lowest BCUT2D eigenvalue weighted by Gasteiger charge is -2.38. The van der Waals surface area contributed by atoms with Gasteiger partial charge in [-0.3, -0.25) is 0 Å². The van der Waals surface area contributed by atoms with Gasteiger partial charge in [-0.25, -0.2) is 0 Å². The molecule has 0 bridgehead atoms. The third-order valence-corrected chi connectivity index (χ3v) is 6.17. The van der Waals surface area contributed by atoms with Gasteiger partial charge in [0.05, 0.1) is 17.0 Å². The van der Waals surface area contributed by atoms with Crippen LogP contribution in [0.25, 0.3) is 0 Å². The van der Waals surface area contributed by atoms with E-state index in [2.05, 4.69) is 71.9 Å². The highest BCUT2D eigenvalue weighted by molar-refractivity contribution is 6.13. The van der Waals surface area contributed by atoms with Crippen LogP contribution in [0.5, 0.6) is 0 Å². The second-order valence-corrected chi connectivity index (χ2v) is 8.57. The monoisotopic (exact) mass is 374 g/mol. The molecule has 3 N–H and O–H groups in total. The maximum atomic E-state index is 6.72. The van der Waals surface area contributed by atoms with Crippen molar-refractivity contribution < 1.29 is 0 Å². The van der Waals surface area contributed by atoms with Crippen molar-refractivity contribution in [3.05, 3.63) is 71.8 Å². The minimum absolute atomic E-state index is 0.0354. The van der Waals surface area contributed by atoms with Crippen molar-refractivity contribution in [2.75, 3.05) is 13.1 Å². The van der Waals surface area contributed by atoms with E-state index in [4.69, 9.17) is 10.8 Å². The van der Waals surface area contributed by atoms with E-state index in [9.17, 15) is 0 Å². The first-order chi connectivity index (χ1) is 13.6. The van der Waals surface area contributed by atoms with Gasteiger partial charge in [0.1, 0.15) is 0 Å². The van der Waals surface area contributed by atoms with E-state index >= 15 is 0 Å². The highest BCUT2D eigenvalue weighted by atomic mass is 15.3. The molecule has 2 aromatic carbocycles. The molecule has 4 nitrogen and oxygen atoms in total. The van der Waals surface area contributed by atoms with Crippen molar-refractivity contribution in [3.63, 3.8) is 0 Å². The van der Waals surface area contributed by atoms with Crippen LogP contribution in [0, 0.1) is 5.41 Å². The molecule has 1 saturated heterocycles. The molecule has 2 aliphatic heterocycles. The SMILES string of the molecule is C[C@@](N)(Cc1ccccc1)C1=NN=C(C2(Cc3ccccc3)CCCNC2)C1. The number of nitrogens with one attached hydrogen (secondary N) is 1. The molecule has 4 heteroatoms. The molecule has 28 heavy (non-hydrogen) atoms. The van der Waals surface area contributed by atoms with Gasteiger partial charge in [0.25, 0.3) is 0 Å². The van der Waals surface area contributed by atoms with Gasteiger partial charge in [0, 0.05) is 18.4 Å². The summed E-state index contributed by atoms with van der Waals surface area (Å²) < 4.78 is 0. The number of piperidine rings is 1. The van der Waals surface area contributed by atoms with Crippen LogP contribution in [0.4, 0.5) is 0 Å². The summed E-state index contributed by atoms with van der Waals surface area (Å²) in [4.78, 5) is 0. The number of benzene rings is 2. The number of rotatable bonds is 6. The van der Waals surface area contributed by atoms with Crippen molar-refractivity contribution in [1.29, 1.82) is 0 Å². The lowest BCUT2D eigenvalue weighted by atomic mass is 9.70. The highest BCUT2D eigenvalue weighted by Crippen LogP contribution is 2.36. The van der Waals surface area contributed by atoms with E-state index in [-0.39, 0.29) is 5.41 Å². The van der Waals surface area contributed by atoms with Crippen LogP contribution < -0.4 is 11.1 Å². The van der Waals surface area contributed by atoms with E-state index in [1.807, 2.05) is 6.07 Å². The van der Waals surface area contributed by atoms with Crippen molar-refractivity contribution in [1.82, 2.24) is 5.32 Å². The van der Waals surface area contributed by atoms with Crippen LogP contribution in [0.1, 0.15) is 37.3 Å². The molecule has 1 fully saturated rings. The van der Waals surface area contributed by atoms with Crippen molar-refractivity contribution in [2.24, 2.45) is 21.4 Å². The summed E-state index contributed by atoms with van der Waals surface area (Å²) >= 11 is 0. The Labute approximate surface area is 168 Å². The fourth-order valence-electron chi connectivity index (χ4n) is 4.54. The normalized spacial score (nSPS) is 24.4. The zero-order valence-corrected chi connectivity index (χ0v) is 16.7. The molecule has 2 heterocycles. The quantitative estimate of drug-likeness (QED) is 0.809. The molecule has 146 valence electrons. The fourth-order valence-corrected chi connectivity index (χ4v) is 4.54. The Bertz CT molecular complexity index is 847. The van der Waals surface area contributed by atoms with Gasteiger partial charge in [-0.1, -0.05) is 60.7 Å². The van der Waals surface area contributed by atoms with Gasteiger partial charge < -0.3 is 11.1 Å². The Kier molecular flexibility index (Phi) is 5.42. The molecule has 0 spiro atoms. The maximum Gasteiger partial charge on any atom is 0.0661 e. The molecule has 0 aromatic heterocycles. The first-order valence-corrected chi connectivity index (χ1v) is 10.3. The standard InChI is InChI=1S/C24H30N4/c1-23(25,16-19-9-4-2-5-10-19)21-15-22(28-27-21)24(13-8-14-26-18-24)17-20-11-6-3-7-12-20/h2-7,9-12,26H,8,13-18,25H2,1H3/t23-,24?/m1/s1. The van der Waals surface area contributed by atoms with Crippen molar-refractivity contribution >= 4 is 11.4 Å². The molecule has 2 aromatic rings. The minimum atomic E-state index is -0.483. The lowest BCUT2D eigenvalue weighted by molar-refractivity contribution is 0.300. The topological polar surface area (TPSA) is 62.8 Å². The number of nitrogens with zero attached hydrogens (tertiary/aromatic N) is 2. The van der Waals surface area contributed by atoms with E-state index in [1.54, 1.807) is 0 Å². The van der Waals surface area contributed by atoms with Gasteiger partial charge in [-0.15, -0.1) is 0 Å². The second kappa shape index (κ2) is 7.98. The third kappa shape index (κ3) is 4.08. The summed E-state index contributed by atoms with van der Waals surface area (Å²) in [6.07, 6.45) is 4.89. The predicted molar refractivity (Wildman–Crippen MR) is 117 cm³/mol. The summed E-state index contributed by atoms with van der Waals surface area (Å²) in [6, 6.07) is 21.2. The van der Waals surface area contributed by atoms with Gasteiger partial charge in [-0.2, -0.15) is 10.2 Å². The van der Waals surface area contributed by atoms with Crippen LogP contribution in [-0.4, -0.2) is 30.1 Å².